The maximum absolute atomic E-state index is 12.7. The van der Waals surface area contributed by atoms with Gasteiger partial charge >= 0.3 is 0 Å². The van der Waals surface area contributed by atoms with Gasteiger partial charge in [-0.3, -0.25) is 9.48 Å². The molecule has 168 valence electrons. The van der Waals surface area contributed by atoms with Crippen LogP contribution in [0.25, 0.3) is 10.9 Å². The Bertz CT molecular complexity index is 1330. The number of hydrogen-bond donors (Lipinski definition) is 2. The van der Waals surface area contributed by atoms with Gasteiger partial charge < -0.3 is 15.0 Å². The average Bonchev–Trinajstić information content (AvgIpc) is 3.15. The van der Waals surface area contributed by atoms with Crippen LogP contribution in [-0.4, -0.2) is 41.6 Å². The predicted molar refractivity (Wildman–Crippen MR) is 121 cm³/mol. The summed E-state index contributed by atoms with van der Waals surface area (Å²) in [4.78, 5) is 15.6. The first-order valence-electron chi connectivity index (χ1n) is 10.5. The quantitative estimate of drug-likeness (QED) is 0.584. The summed E-state index contributed by atoms with van der Waals surface area (Å²) in [5, 5.41) is 17.2. The summed E-state index contributed by atoms with van der Waals surface area (Å²) in [7, 11) is -3.38. The standard InChI is InChI=1S/C22H25N5O4S/c1-15(2)32(29,30)17-6-4-16(5-7-17)25-20-19-18(8-12-24-21(19)28)27(26-20)22(10-11-23)9-3-13-31-14-22/h4-8,12,15H,3,9-10,13-14H2,1-2H3,(H,24,28)(H,25,26)/t22-/m0/s1. The van der Waals surface area contributed by atoms with Gasteiger partial charge in [0, 0.05) is 18.5 Å². The molecule has 0 radical (unpaired) electrons. The van der Waals surface area contributed by atoms with Gasteiger partial charge in [-0.15, -0.1) is 0 Å². The van der Waals surface area contributed by atoms with Crippen LogP contribution in [0.15, 0.2) is 46.2 Å². The number of nitrogens with one attached hydrogen (secondary N) is 2. The van der Waals surface area contributed by atoms with Crippen molar-refractivity contribution in [2.24, 2.45) is 0 Å². The molecule has 2 N–H and O–H groups in total. The molecular formula is C22H25N5O4S. The molecule has 1 aliphatic rings. The highest BCUT2D eigenvalue weighted by atomic mass is 32.2. The number of hydrogen-bond acceptors (Lipinski definition) is 7. The lowest BCUT2D eigenvalue weighted by Crippen LogP contribution is -2.42. The number of ether oxygens (including phenoxy) is 1. The Morgan fingerprint density at radius 1 is 1.31 bits per heavy atom. The first-order valence-corrected chi connectivity index (χ1v) is 12.0. The summed E-state index contributed by atoms with van der Waals surface area (Å²) in [6.07, 6.45) is 3.27. The zero-order chi connectivity index (χ0) is 22.9. The van der Waals surface area contributed by atoms with Crippen LogP contribution in [0.2, 0.25) is 0 Å². The monoisotopic (exact) mass is 455 g/mol. The summed E-state index contributed by atoms with van der Waals surface area (Å²) < 4.78 is 32.2. The number of rotatable bonds is 6. The fourth-order valence-electron chi connectivity index (χ4n) is 4.03. The summed E-state index contributed by atoms with van der Waals surface area (Å²) >= 11 is 0. The van der Waals surface area contributed by atoms with Crippen LogP contribution >= 0.6 is 0 Å². The molecule has 0 aliphatic carbocycles. The second kappa shape index (κ2) is 8.41. The Morgan fingerprint density at radius 3 is 2.69 bits per heavy atom. The van der Waals surface area contributed by atoms with Crippen LogP contribution in [0, 0.1) is 11.3 Å². The van der Waals surface area contributed by atoms with Crippen LogP contribution < -0.4 is 10.9 Å². The topological polar surface area (TPSA) is 130 Å². The lowest BCUT2D eigenvalue weighted by molar-refractivity contribution is -0.00174. The highest BCUT2D eigenvalue weighted by Crippen LogP contribution is 2.35. The first-order chi connectivity index (χ1) is 15.3. The normalized spacial score (nSPS) is 19.2. The molecule has 1 atom stereocenters. The molecule has 1 saturated heterocycles. The third-order valence-corrected chi connectivity index (χ3v) is 8.00. The Hall–Kier alpha value is -3.16. The summed E-state index contributed by atoms with van der Waals surface area (Å²) in [5.41, 5.74) is 0.237. The van der Waals surface area contributed by atoms with Crippen molar-refractivity contribution < 1.29 is 13.2 Å². The minimum absolute atomic E-state index is 0.206. The molecule has 32 heavy (non-hydrogen) atoms. The maximum Gasteiger partial charge on any atom is 0.261 e. The van der Waals surface area contributed by atoms with E-state index in [-0.39, 0.29) is 16.9 Å². The molecule has 3 aromatic rings. The lowest BCUT2D eigenvalue weighted by Gasteiger charge is -2.35. The fraction of sp³-hybridized carbons (Fsp3) is 0.409. The van der Waals surface area contributed by atoms with Gasteiger partial charge in [0.15, 0.2) is 15.7 Å². The van der Waals surface area contributed by atoms with Crippen molar-refractivity contribution in [3.63, 3.8) is 0 Å². The number of sulfone groups is 1. The first kappa shape index (κ1) is 22.0. The fourth-order valence-corrected chi connectivity index (χ4v) is 5.09. The van der Waals surface area contributed by atoms with E-state index in [0.29, 0.717) is 42.0 Å². The van der Waals surface area contributed by atoms with Gasteiger partial charge in [0.1, 0.15) is 5.39 Å². The van der Waals surface area contributed by atoms with E-state index in [9.17, 15) is 18.5 Å². The van der Waals surface area contributed by atoms with E-state index in [4.69, 9.17) is 9.84 Å². The molecule has 0 bridgehead atoms. The molecule has 2 aromatic heterocycles. The summed E-state index contributed by atoms with van der Waals surface area (Å²) in [6, 6.07) is 10.4. The number of fused-ring (bicyclic) bond motifs is 1. The van der Waals surface area contributed by atoms with Gasteiger partial charge in [0.2, 0.25) is 0 Å². The second-order valence-electron chi connectivity index (χ2n) is 8.29. The van der Waals surface area contributed by atoms with Crippen LogP contribution in [-0.2, 0) is 20.1 Å². The Labute approximate surface area is 185 Å². The molecule has 10 heteroatoms. The maximum atomic E-state index is 12.7. The average molecular weight is 456 g/mol. The van der Waals surface area contributed by atoms with Crippen molar-refractivity contribution >= 4 is 32.2 Å². The highest BCUT2D eigenvalue weighted by Gasteiger charge is 2.38. The minimum atomic E-state index is -3.38. The van der Waals surface area contributed by atoms with Gasteiger partial charge in [-0.2, -0.15) is 10.4 Å². The molecule has 1 aromatic carbocycles. The molecule has 0 spiro atoms. The Balaban J connectivity index is 1.78. The van der Waals surface area contributed by atoms with E-state index in [1.54, 1.807) is 42.9 Å². The van der Waals surface area contributed by atoms with E-state index in [2.05, 4.69) is 16.4 Å². The molecule has 4 rings (SSSR count). The third kappa shape index (κ3) is 3.78. The number of H-pyrrole nitrogens is 1. The molecule has 0 amide bonds. The number of pyridine rings is 1. The van der Waals surface area contributed by atoms with Crippen LogP contribution in [0.1, 0.15) is 33.1 Å². The lowest BCUT2D eigenvalue weighted by atomic mass is 9.89. The number of aromatic nitrogens is 3. The number of anilines is 2. The molecule has 0 unspecified atom stereocenters. The number of nitriles is 1. The van der Waals surface area contributed by atoms with E-state index in [1.165, 1.54) is 12.1 Å². The molecule has 9 nitrogen and oxygen atoms in total. The molecule has 1 fully saturated rings. The van der Waals surface area contributed by atoms with E-state index in [1.807, 2.05) is 0 Å². The summed E-state index contributed by atoms with van der Waals surface area (Å²) in [6.45, 7) is 4.24. The van der Waals surface area contributed by atoms with Crippen LogP contribution in [0.5, 0.6) is 0 Å². The van der Waals surface area contributed by atoms with E-state index in [0.717, 1.165) is 6.42 Å². The van der Waals surface area contributed by atoms with Gasteiger partial charge in [0.25, 0.3) is 5.56 Å². The van der Waals surface area contributed by atoms with E-state index >= 15 is 0 Å². The zero-order valence-electron chi connectivity index (χ0n) is 18.0. The van der Waals surface area contributed by atoms with Crippen molar-refractivity contribution in [3.8, 4) is 6.07 Å². The molecule has 1 aliphatic heterocycles. The van der Waals surface area contributed by atoms with Crippen molar-refractivity contribution in [2.45, 2.75) is 48.8 Å². The van der Waals surface area contributed by atoms with Crippen molar-refractivity contribution in [1.82, 2.24) is 14.8 Å². The molecule has 0 saturated carbocycles. The van der Waals surface area contributed by atoms with Crippen LogP contribution in [0.3, 0.4) is 0 Å². The SMILES string of the molecule is CC(C)S(=O)(=O)c1ccc(Nc2nn([C@]3(CC#N)CCCOC3)c3cc[nH]c(=O)c23)cc1. The molecule has 3 heterocycles. The van der Waals surface area contributed by atoms with Crippen LogP contribution in [0.4, 0.5) is 11.5 Å². The van der Waals surface area contributed by atoms with Gasteiger partial charge in [-0.25, -0.2) is 8.42 Å². The van der Waals surface area contributed by atoms with Gasteiger partial charge in [-0.05, 0) is 57.0 Å². The number of aromatic amines is 1. The molecular weight excluding hydrogens is 430 g/mol. The summed E-state index contributed by atoms with van der Waals surface area (Å²) in [5.74, 6) is 0.337. The van der Waals surface area contributed by atoms with Gasteiger partial charge in [0.05, 0.1) is 40.3 Å². The smallest absolute Gasteiger partial charge is 0.261 e. The predicted octanol–water partition coefficient (Wildman–Crippen LogP) is 3.07. The largest absolute Gasteiger partial charge is 0.379 e. The zero-order valence-corrected chi connectivity index (χ0v) is 18.8. The minimum Gasteiger partial charge on any atom is -0.379 e. The van der Waals surface area contributed by atoms with Crippen molar-refractivity contribution in [1.29, 1.82) is 5.26 Å². The van der Waals surface area contributed by atoms with Crippen molar-refractivity contribution in [2.75, 3.05) is 18.5 Å². The Kier molecular flexibility index (Phi) is 5.79. The van der Waals surface area contributed by atoms with Gasteiger partial charge in [-0.1, -0.05) is 0 Å². The van der Waals surface area contributed by atoms with E-state index < -0.39 is 20.6 Å². The second-order valence-corrected chi connectivity index (χ2v) is 10.8. The Morgan fingerprint density at radius 2 is 2.06 bits per heavy atom. The number of nitrogens with zero attached hydrogens (tertiary/aromatic N) is 3. The highest BCUT2D eigenvalue weighted by molar-refractivity contribution is 7.92. The van der Waals surface area contributed by atoms with Crippen molar-refractivity contribution in [3.05, 3.63) is 46.9 Å². The third-order valence-electron chi connectivity index (χ3n) is 5.83. The number of benzene rings is 1.